The van der Waals surface area contributed by atoms with Crippen molar-refractivity contribution < 1.29 is 23.9 Å². The summed E-state index contributed by atoms with van der Waals surface area (Å²) in [5.74, 6) is -0.217. The fourth-order valence-corrected chi connectivity index (χ4v) is 2.03. The summed E-state index contributed by atoms with van der Waals surface area (Å²) in [7, 11) is -3.85. The van der Waals surface area contributed by atoms with Gasteiger partial charge in [0.2, 0.25) is 0 Å². The Morgan fingerprint density at radius 3 is 2.18 bits per heavy atom. The maximum absolute atomic E-state index is 11.4. The van der Waals surface area contributed by atoms with Crippen molar-refractivity contribution in [2.45, 2.75) is 49.0 Å². The molecule has 0 saturated carbocycles. The average Bonchev–Trinajstić information content (AvgIpc) is 2.12. The van der Waals surface area contributed by atoms with Gasteiger partial charge >= 0.3 is 14.8 Å². The summed E-state index contributed by atoms with van der Waals surface area (Å²) in [5.41, 5.74) is 0. The molecule has 0 aromatic carbocycles. The third-order valence-corrected chi connectivity index (χ3v) is 3.59. The minimum atomic E-state index is -3.85. The van der Waals surface area contributed by atoms with Crippen LogP contribution < -0.4 is 0 Å². The standard InChI is InChI=1S/C10H21IO5Si/c1-10(2,11)9(12)16-7-5-3-4-6-8-17(13,14)15/h13-15H,3-8H2,1-2H3. The molecular formula is C10H21IO5Si. The summed E-state index contributed by atoms with van der Waals surface area (Å²) < 4.78 is 4.58. The Hall–Kier alpha value is 0.297. The van der Waals surface area contributed by atoms with Crippen molar-refractivity contribution >= 4 is 37.4 Å². The highest BCUT2D eigenvalue weighted by atomic mass is 127. The molecule has 0 fully saturated rings. The van der Waals surface area contributed by atoms with E-state index < -0.39 is 12.2 Å². The summed E-state index contributed by atoms with van der Waals surface area (Å²) >= 11 is 2.03. The van der Waals surface area contributed by atoms with E-state index in [2.05, 4.69) is 0 Å². The first kappa shape index (κ1) is 17.3. The van der Waals surface area contributed by atoms with E-state index in [4.69, 9.17) is 19.1 Å². The molecule has 0 radical (unpaired) electrons. The van der Waals surface area contributed by atoms with E-state index in [9.17, 15) is 4.79 Å². The highest BCUT2D eigenvalue weighted by Crippen LogP contribution is 2.18. The third-order valence-electron chi connectivity index (χ3n) is 2.13. The number of hydrogen-bond acceptors (Lipinski definition) is 5. The maximum Gasteiger partial charge on any atom is 0.492 e. The van der Waals surface area contributed by atoms with Crippen molar-refractivity contribution in [3.63, 3.8) is 0 Å². The number of rotatable bonds is 8. The van der Waals surface area contributed by atoms with Gasteiger partial charge in [0.1, 0.15) is 3.42 Å². The van der Waals surface area contributed by atoms with Gasteiger partial charge in [0, 0.05) is 6.04 Å². The van der Waals surface area contributed by atoms with Crippen molar-refractivity contribution in [2.24, 2.45) is 0 Å². The van der Waals surface area contributed by atoms with Gasteiger partial charge in [-0.1, -0.05) is 35.4 Å². The number of esters is 1. The van der Waals surface area contributed by atoms with Crippen LogP contribution in [0.1, 0.15) is 39.5 Å². The molecule has 0 aromatic heterocycles. The summed E-state index contributed by atoms with van der Waals surface area (Å²) in [6.45, 7) is 3.99. The molecule has 0 saturated heterocycles. The molecule has 0 heterocycles. The Labute approximate surface area is 117 Å². The van der Waals surface area contributed by atoms with Crippen LogP contribution in [0.4, 0.5) is 0 Å². The second-order valence-electron chi connectivity index (χ2n) is 4.55. The van der Waals surface area contributed by atoms with Crippen molar-refractivity contribution in [1.82, 2.24) is 0 Å². The lowest BCUT2D eigenvalue weighted by Crippen LogP contribution is -2.33. The first-order valence-corrected chi connectivity index (χ1v) is 8.79. The Balaban J connectivity index is 3.39. The van der Waals surface area contributed by atoms with Crippen LogP contribution in [0.2, 0.25) is 6.04 Å². The van der Waals surface area contributed by atoms with E-state index in [-0.39, 0.29) is 12.0 Å². The number of unbranched alkanes of at least 4 members (excludes halogenated alkanes) is 3. The molecule has 3 N–H and O–H groups in total. The molecule has 0 aromatic rings. The minimum Gasteiger partial charge on any atom is -0.465 e. The first-order chi connectivity index (χ1) is 7.63. The Morgan fingerprint density at radius 2 is 1.71 bits per heavy atom. The van der Waals surface area contributed by atoms with E-state index in [1.54, 1.807) is 13.8 Å². The van der Waals surface area contributed by atoms with Gasteiger partial charge in [-0.2, -0.15) is 0 Å². The monoisotopic (exact) mass is 376 g/mol. The molecule has 0 aliphatic heterocycles. The van der Waals surface area contributed by atoms with E-state index in [1.165, 1.54) is 0 Å². The van der Waals surface area contributed by atoms with Crippen molar-refractivity contribution in [2.75, 3.05) is 6.61 Å². The van der Waals surface area contributed by atoms with Gasteiger partial charge < -0.3 is 19.1 Å². The lowest BCUT2D eigenvalue weighted by molar-refractivity contribution is -0.145. The van der Waals surface area contributed by atoms with Crippen LogP contribution in [0.5, 0.6) is 0 Å². The number of alkyl halides is 1. The van der Waals surface area contributed by atoms with Crippen molar-refractivity contribution in [3.8, 4) is 0 Å². The van der Waals surface area contributed by atoms with E-state index in [0.29, 0.717) is 13.0 Å². The largest absolute Gasteiger partial charge is 0.492 e. The predicted octanol–water partition coefficient (Wildman–Crippen LogP) is 1.22. The lowest BCUT2D eigenvalue weighted by Gasteiger charge is -2.14. The minimum absolute atomic E-state index is 0.0770. The molecule has 5 nitrogen and oxygen atoms in total. The van der Waals surface area contributed by atoms with Gasteiger partial charge in [-0.05, 0) is 26.7 Å². The number of carbonyl (C=O) groups excluding carboxylic acids is 1. The normalized spacial score (nSPS) is 12.6. The SMILES string of the molecule is CC(C)(I)C(=O)OCCCCCC[Si](O)(O)O. The zero-order valence-corrected chi connectivity index (χ0v) is 13.4. The van der Waals surface area contributed by atoms with Crippen LogP contribution in [-0.4, -0.2) is 39.2 Å². The molecule has 0 aliphatic carbocycles. The molecule has 17 heavy (non-hydrogen) atoms. The molecular weight excluding hydrogens is 355 g/mol. The second kappa shape index (κ2) is 7.67. The van der Waals surface area contributed by atoms with Crippen LogP contribution in [0.15, 0.2) is 0 Å². The number of halogens is 1. The first-order valence-electron chi connectivity index (χ1n) is 5.66. The zero-order chi connectivity index (χ0) is 13.5. The average molecular weight is 376 g/mol. The number of hydrogen-bond donors (Lipinski definition) is 3. The van der Waals surface area contributed by atoms with E-state index in [0.717, 1.165) is 19.3 Å². The van der Waals surface area contributed by atoms with Gasteiger partial charge in [0.05, 0.1) is 6.61 Å². The molecule has 0 atom stereocenters. The molecule has 0 bridgehead atoms. The summed E-state index contributed by atoms with van der Waals surface area (Å²) in [6.07, 6.45) is 2.98. The van der Waals surface area contributed by atoms with Gasteiger partial charge in [-0.15, -0.1) is 0 Å². The van der Waals surface area contributed by atoms with Crippen LogP contribution in [-0.2, 0) is 9.53 Å². The number of ether oxygens (including phenoxy) is 1. The van der Waals surface area contributed by atoms with Crippen LogP contribution in [0.25, 0.3) is 0 Å². The fourth-order valence-electron chi connectivity index (χ4n) is 1.15. The Kier molecular flexibility index (Phi) is 7.80. The molecule has 0 rings (SSSR count). The Morgan fingerprint density at radius 1 is 1.18 bits per heavy atom. The summed E-state index contributed by atoms with van der Waals surface area (Å²) in [6, 6.07) is 0.0770. The van der Waals surface area contributed by atoms with Crippen molar-refractivity contribution in [1.29, 1.82) is 0 Å². The van der Waals surface area contributed by atoms with Gasteiger partial charge in [-0.3, -0.25) is 4.79 Å². The topological polar surface area (TPSA) is 87.0 Å². The van der Waals surface area contributed by atoms with Gasteiger partial charge in [0.15, 0.2) is 0 Å². The number of carbonyl (C=O) groups is 1. The highest BCUT2D eigenvalue weighted by molar-refractivity contribution is 14.1. The smallest absolute Gasteiger partial charge is 0.465 e. The molecule has 0 amide bonds. The maximum atomic E-state index is 11.4. The van der Waals surface area contributed by atoms with E-state index >= 15 is 0 Å². The fraction of sp³-hybridized carbons (Fsp3) is 0.900. The quantitative estimate of drug-likeness (QED) is 0.195. The van der Waals surface area contributed by atoms with Gasteiger partial charge in [-0.25, -0.2) is 0 Å². The molecule has 102 valence electrons. The predicted molar refractivity (Wildman–Crippen MR) is 74.7 cm³/mol. The molecule has 0 aliphatic rings. The third kappa shape index (κ3) is 11.1. The molecule has 7 heteroatoms. The van der Waals surface area contributed by atoms with Gasteiger partial charge in [0.25, 0.3) is 0 Å². The molecule has 0 spiro atoms. The van der Waals surface area contributed by atoms with Crippen molar-refractivity contribution in [3.05, 3.63) is 0 Å². The summed E-state index contributed by atoms with van der Waals surface area (Å²) in [5, 5.41) is 0. The Bertz CT molecular complexity index is 234. The lowest BCUT2D eigenvalue weighted by atomic mass is 10.2. The highest BCUT2D eigenvalue weighted by Gasteiger charge is 2.26. The van der Waals surface area contributed by atoms with Crippen LogP contribution in [0, 0.1) is 0 Å². The molecule has 0 unspecified atom stereocenters. The zero-order valence-electron chi connectivity index (χ0n) is 10.3. The van der Waals surface area contributed by atoms with E-state index in [1.807, 2.05) is 22.6 Å². The van der Waals surface area contributed by atoms with Crippen LogP contribution in [0.3, 0.4) is 0 Å². The summed E-state index contributed by atoms with van der Waals surface area (Å²) in [4.78, 5) is 37.6. The van der Waals surface area contributed by atoms with Crippen LogP contribution >= 0.6 is 22.6 Å². The second-order valence-corrected chi connectivity index (χ2v) is 9.29.